The number of fused-ring (bicyclic) bond motifs is 2. The third-order valence-electron chi connectivity index (χ3n) is 8.58. The van der Waals surface area contributed by atoms with Crippen LogP contribution in [-0.4, -0.2) is 51.4 Å². The highest BCUT2D eigenvalue weighted by atomic mass is 35.5. The SMILES string of the molecule is CC(C)(/C=N/OCC(=O)OCCCCCCO[N+](=O)[O-])Cc1c(SC(C)(C)C)c2cc(OCc3ccc4ccccc4n3)ccc2n1Cc1ccc(Cl)cc1. The Balaban J connectivity index is 1.32. The van der Waals surface area contributed by atoms with E-state index in [2.05, 4.69) is 85.6 Å². The standard InChI is InChI=1S/C42H49ClN4O7S/c1-41(2,3)55-40-35-24-34(52-27-33-19-16-31-12-8-9-13-36(31)45-33)20-21-37(35)46(26-30-14-17-32(43)18-15-30)38(40)25-42(4,5)29-44-53-28-39(48)51-22-10-6-7-11-23-54-47(49)50/h8-9,12-21,24,29H,6-7,10-11,22-23,25-28H2,1-5H3/b44-29+. The van der Waals surface area contributed by atoms with Crippen molar-refractivity contribution in [3.63, 3.8) is 0 Å². The van der Waals surface area contributed by atoms with Crippen LogP contribution in [0.15, 0.2) is 88.9 Å². The predicted octanol–water partition coefficient (Wildman–Crippen LogP) is 10.2. The number of pyridine rings is 1. The monoisotopic (exact) mass is 788 g/mol. The fourth-order valence-electron chi connectivity index (χ4n) is 6.01. The number of hydrogen-bond donors (Lipinski definition) is 0. The second-order valence-electron chi connectivity index (χ2n) is 15.0. The van der Waals surface area contributed by atoms with Crippen molar-refractivity contribution in [3.8, 4) is 5.75 Å². The number of unbranched alkanes of at least 4 members (excludes halogenated alkanes) is 3. The molecule has 0 unspecified atom stereocenters. The summed E-state index contributed by atoms with van der Waals surface area (Å²) in [7, 11) is 0. The summed E-state index contributed by atoms with van der Waals surface area (Å²) < 4.78 is 13.9. The lowest BCUT2D eigenvalue weighted by Crippen LogP contribution is -2.21. The van der Waals surface area contributed by atoms with E-state index in [0.717, 1.165) is 57.3 Å². The molecule has 0 aliphatic carbocycles. The maximum atomic E-state index is 12.2. The average molecular weight is 789 g/mol. The summed E-state index contributed by atoms with van der Waals surface area (Å²) in [6.45, 7) is 11.8. The minimum atomic E-state index is -0.796. The number of thioether (sulfide) groups is 1. The number of nitrogens with zero attached hydrogens (tertiary/aromatic N) is 4. The van der Waals surface area contributed by atoms with Gasteiger partial charge in [-0.1, -0.05) is 94.2 Å². The number of rotatable bonds is 20. The van der Waals surface area contributed by atoms with E-state index >= 15 is 0 Å². The molecule has 0 amide bonds. The fourth-order valence-corrected chi connectivity index (χ4v) is 7.32. The number of benzene rings is 3. The number of ether oxygens (including phenoxy) is 2. The summed E-state index contributed by atoms with van der Waals surface area (Å²) >= 11 is 8.08. The van der Waals surface area contributed by atoms with Gasteiger partial charge in [0.1, 0.15) is 12.4 Å². The van der Waals surface area contributed by atoms with Crippen LogP contribution in [0.2, 0.25) is 5.02 Å². The van der Waals surface area contributed by atoms with E-state index in [9.17, 15) is 14.9 Å². The summed E-state index contributed by atoms with van der Waals surface area (Å²) in [5.41, 5.74) is 4.70. The van der Waals surface area contributed by atoms with Crippen LogP contribution in [0.5, 0.6) is 5.75 Å². The molecule has 0 bridgehead atoms. The largest absolute Gasteiger partial charge is 0.487 e. The molecule has 2 aromatic heterocycles. The lowest BCUT2D eigenvalue weighted by Gasteiger charge is -2.24. The van der Waals surface area contributed by atoms with Gasteiger partial charge in [-0.3, -0.25) is 0 Å². The van der Waals surface area contributed by atoms with E-state index in [1.165, 1.54) is 4.90 Å². The van der Waals surface area contributed by atoms with E-state index in [0.29, 0.717) is 37.4 Å². The molecule has 5 aromatic rings. The maximum Gasteiger partial charge on any atom is 0.347 e. The van der Waals surface area contributed by atoms with Gasteiger partial charge in [-0.15, -0.1) is 21.9 Å². The van der Waals surface area contributed by atoms with Gasteiger partial charge in [-0.25, -0.2) is 9.78 Å². The Morgan fingerprint density at radius 1 is 0.964 bits per heavy atom. The maximum absolute atomic E-state index is 12.2. The van der Waals surface area contributed by atoms with E-state index in [1.54, 1.807) is 6.21 Å². The van der Waals surface area contributed by atoms with Crippen LogP contribution < -0.4 is 4.74 Å². The van der Waals surface area contributed by atoms with Gasteiger partial charge in [0.15, 0.2) is 0 Å². The third kappa shape index (κ3) is 12.9. The van der Waals surface area contributed by atoms with Crippen molar-refractivity contribution in [2.24, 2.45) is 10.6 Å². The molecular formula is C42H49ClN4O7S. The second-order valence-corrected chi connectivity index (χ2v) is 17.3. The normalized spacial score (nSPS) is 12.0. The van der Waals surface area contributed by atoms with E-state index in [4.69, 9.17) is 30.9 Å². The Hall–Kier alpha value is -4.81. The zero-order valence-corrected chi connectivity index (χ0v) is 33.7. The summed E-state index contributed by atoms with van der Waals surface area (Å²) in [6.07, 6.45) is 5.11. The Morgan fingerprint density at radius 3 is 2.45 bits per heavy atom. The van der Waals surface area contributed by atoms with Gasteiger partial charge >= 0.3 is 5.97 Å². The van der Waals surface area contributed by atoms with Crippen LogP contribution in [0.3, 0.4) is 0 Å². The van der Waals surface area contributed by atoms with Gasteiger partial charge in [0.2, 0.25) is 6.61 Å². The summed E-state index contributed by atoms with van der Waals surface area (Å²) in [5.74, 6) is 0.254. The zero-order chi connectivity index (χ0) is 39.4. The number of aromatic nitrogens is 2. The van der Waals surface area contributed by atoms with E-state index < -0.39 is 16.5 Å². The molecule has 0 aliphatic rings. The smallest absolute Gasteiger partial charge is 0.347 e. The van der Waals surface area contributed by atoms with Gasteiger partial charge < -0.3 is 23.7 Å². The van der Waals surface area contributed by atoms with Gasteiger partial charge in [0.25, 0.3) is 5.09 Å². The van der Waals surface area contributed by atoms with E-state index in [1.807, 2.05) is 54.2 Å². The molecule has 55 heavy (non-hydrogen) atoms. The summed E-state index contributed by atoms with van der Waals surface area (Å²) in [6, 6.07) is 26.3. The van der Waals surface area contributed by atoms with Crippen molar-refractivity contribution in [1.29, 1.82) is 0 Å². The van der Waals surface area contributed by atoms with Gasteiger partial charge in [0.05, 0.1) is 24.4 Å². The molecular weight excluding hydrogens is 740 g/mol. The number of carbonyl (C=O) groups excluding carboxylic acids is 1. The van der Waals surface area contributed by atoms with Crippen LogP contribution in [-0.2, 0) is 38.8 Å². The fraction of sp³-hybridized carbons (Fsp3) is 0.405. The van der Waals surface area contributed by atoms with Crippen molar-refractivity contribution >= 4 is 57.4 Å². The Bertz CT molecular complexity index is 2090. The first-order valence-corrected chi connectivity index (χ1v) is 19.6. The number of hydrogen-bond acceptors (Lipinski definition) is 10. The van der Waals surface area contributed by atoms with Crippen molar-refractivity contribution in [1.82, 2.24) is 9.55 Å². The van der Waals surface area contributed by atoms with Crippen LogP contribution in [0, 0.1) is 15.5 Å². The number of esters is 1. The predicted molar refractivity (Wildman–Crippen MR) is 218 cm³/mol. The van der Waals surface area contributed by atoms with Crippen molar-refractivity contribution < 1.29 is 29.0 Å². The second kappa shape index (κ2) is 19.2. The van der Waals surface area contributed by atoms with Gasteiger partial charge in [0, 0.05) is 54.8 Å². The van der Waals surface area contributed by atoms with Crippen molar-refractivity contribution in [2.45, 2.75) is 89.5 Å². The molecule has 11 nitrogen and oxygen atoms in total. The number of para-hydroxylation sites is 1. The highest BCUT2D eigenvalue weighted by molar-refractivity contribution is 8.00. The lowest BCUT2D eigenvalue weighted by molar-refractivity contribution is -0.757. The molecule has 0 fully saturated rings. The first-order valence-electron chi connectivity index (χ1n) is 18.4. The molecule has 0 radical (unpaired) electrons. The molecule has 0 atom stereocenters. The lowest BCUT2D eigenvalue weighted by atomic mass is 9.89. The molecule has 2 heterocycles. The van der Waals surface area contributed by atoms with Gasteiger partial charge in [-0.05, 0) is 73.7 Å². The topological polar surface area (TPSA) is 127 Å². The Morgan fingerprint density at radius 2 is 1.71 bits per heavy atom. The minimum absolute atomic E-state index is 0.0671. The average Bonchev–Trinajstić information content (AvgIpc) is 3.39. The minimum Gasteiger partial charge on any atom is -0.487 e. The molecule has 13 heteroatoms. The number of oxime groups is 1. The Labute approximate surface area is 331 Å². The third-order valence-corrected chi connectivity index (χ3v) is 10.1. The van der Waals surface area contributed by atoms with Crippen LogP contribution in [0.1, 0.15) is 77.3 Å². The number of halogens is 1. The number of carbonyl (C=O) groups is 1. The first-order chi connectivity index (χ1) is 26.3. The van der Waals surface area contributed by atoms with E-state index in [-0.39, 0.29) is 24.6 Å². The molecule has 0 aliphatic heterocycles. The first kappa shape index (κ1) is 41.4. The quantitative estimate of drug-likeness (QED) is 0.0189. The van der Waals surface area contributed by atoms with Crippen LogP contribution in [0.4, 0.5) is 0 Å². The van der Waals surface area contributed by atoms with Crippen LogP contribution in [0.25, 0.3) is 21.8 Å². The van der Waals surface area contributed by atoms with Crippen LogP contribution >= 0.6 is 23.4 Å². The molecule has 0 saturated carbocycles. The molecule has 292 valence electrons. The molecule has 0 spiro atoms. The highest BCUT2D eigenvalue weighted by Crippen LogP contribution is 2.44. The van der Waals surface area contributed by atoms with Gasteiger partial charge in [-0.2, -0.15) is 0 Å². The zero-order valence-electron chi connectivity index (χ0n) is 32.1. The molecule has 0 saturated heterocycles. The Kier molecular flexibility index (Phi) is 14.4. The summed E-state index contributed by atoms with van der Waals surface area (Å²) in [4.78, 5) is 38.1. The molecule has 5 rings (SSSR count). The molecule has 3 aromatic carbocycles. The molecule has 0 N–H and O–H groups in total. The van der Waals surface area contributed by atoms with Crippen molar-refractivity contribution in [2.75, 3.05) is 19.8 Å². The summed E-state index contributed by atoms with van der Waals surface area (Å²) in [5, 5.41) is 16.5. The van der Waals surface area contributed by atoms with Crippen molar-refractivity contribution in [3.05, 3.63) is 111 Å². The highest BCUT2D eigenvalue weighted by Gasteiger charge is 2.28.